The highest BCUT2D eigenvalue weighted by atomic mass is 16.5. The maximum absolute atomic E-state index is 5.24. The van der Waals surface area contributed by atoms with Crippen LogP contribution in [0.3, 0.4) is 0 Å². The summed E-state index contributed by atoms with van der Waals surface area (Å²) in [5.74, 6) is 0.853. The van der Waals surface area contributed by atoms with Crippen LogP contribution >= 0.6 is 0 Å². The lowest BCUT2D eigenvalue weighted by atomic mass is 9.89. The highest BCUT2D eigenvalue weighted by Crippen LogP contribution is 2.29. The molecule has 0 aliphatic carbocycles. The number of rotatable bonds is 1. The fourth-order valence-corrected chi connectivity index (χ4v) is 1.74. The van der Waals surface area contributed by atoms with Gasteiger partial charge >= 0.3 is 0 Å². The molecule has 0 radical (unpaired) electrons. The van der Waals surface area contributed by atoms with Gasteiger partial charge in [-0.2, -0.15) is 10.2 Å². The Morgan fingerprint density at radius 1 is 1.19 bits per heavy atom. The molecule has 0 amide bonds. The van der Waals surface area contributed by atoms with Crippen molar-refractivity contribution in [3.05, 3.63) is 30.1 Å². The van der Waals surface area contributed by atoms with Crippen LogP contribution in [0.5, 0.6) is 5.75 Å². The van der Waals surface area contributed by atoms with Gasteiger partial charge in [0.25, 0.3) is 0 Å². The monoisotopic (exact) mass is 216 g/mol. The molecule has 0 unspecified atom stereocenters. The van der Waals surface area contributed by atoms with Gasteiger partial charge in [-0.25, -0.2) is 0 Å². The molecule has 1 aromatic heterocycles. The van der Waals surface area contributed by atoms with E-state index in [-0.39, 0.29) is 5.41 Å². The van der Waals surface area contributed by atoms with Crippen molar-refractivity contribution in [1.29, 1.82) is 0 Å². The van der Waals surface area contributed by atoms with E-state index in [1.165, 1.54) is 0 Å². The molecule has 2 rings (SSSR count). The van der Waals surface area contributed by atoms with Gasteiger partial charge < -0.3 is 4.74 Å². The normalized spacial score (nSPS) is 11.8. The predicted molar refractivity (Wildman–Crippen MR) is 64.8 cm³/mol. The molecule has 0 atom stereocenters. The summed E-state index contributed by atoms with van der Waals surface area (Å²) in [6.45, 7) is 6.40. The number of hydrogen-bond donors (Lipinski definition) is 0. The zero-order chi connectivity index (χ0) is 11.8. The number of benzene rings is 1. The smallest absolute Gasteiger partial charge is 0.119 e. The van der Waals surface area contributed by atoms with Crippen LogP contribution in [0.15, 0.2) is 24.4 Å². The molecular weight excluding hydrogens is 200 g/mol. The third-order valence-corrected chi connectivity index (χ3v) is 2.58. The average Bonchev–Trinajstić information content (AvgIpc) is 2.26. The van der Waals surface area contributed by atoms with Crippen molar-refractivity contribution >= 4 is 10.8 Å². The summed E-state index contributed by atoms with van der Waals surface area (Å²) < 4.78 is 5.24. The first kappa shape index (κ1) is 10.9. The zero-order valence-electron chi connectivity index (χ0n) is 10.1. The Kier molecular flexibility index (Phi) is 2.54. The van der Waals surface area contributed by atoms with Crippen molar-refractivity contribution in [3.63, 3.8) is 0 Å². The minimum Gasteiger partial charge on any atom is -0.497 e. The fourth-order valence-electron chi connectivity index (χ4n) is 1.74. The topological polar surface area (TPSA) is 35.0 Å². The molecule has 3 nitrogen and oxygen atoms in total. The molecule has 1 heterocycles. The summed E-state index contributed by atoms with van der Waals surface area (Å²) in [5.41, 5.74) is 0.989. The molecule has 1 aromatic carbocycles. The van der Waals surface area contributed by atoms with E-state index in [1.807, 2.05) is 18.2 Å². The molecule has 0 aliphatic rings. The zero-order valence-corrected chi connectivity index (χ0v) is 10.1. The fraction of sp³-hybridized carbons (Fsp3) is 0.385. The largest absolute Gasteiger partial charge is 0.497 e. The minimum absolute atomic E-state index is 0.0150. The summed E-state index contributed by atoms with van der Waals surface area (Å²) in [6, 6.07) is 5.97. The molecule has 84 valence electrons. The third kappa shape index (κ3) is 1.85. The van der Waals surface area contributed by atoms with Gasteiger partial charge in [0.1, 0.15) is 5.75 Å². The Labute approximate surface area is 95.5 Å². The lowest BCUT2D eigenvalue weighted by molar-refractivity contribution is 0.415. The first-order valence-electron chi connectivity index (χ1n) is 5.32. The quantitative estimate of drug-likeness (QED) is 0.735. The van der Waals surface area contributed by atoms with Crippen molar-refractivity contribution < 1.29 is 4.74 Å². The highest BCUT2D eigenvalue weighted by Gasteiger charge is 2.19. The Morgan fingerprint density at radius 3 is 2.56 bits per heavy atom. The first-order valence-corrected chi connectivity index (χ1v) is 5.32. The van der Waals surface area contributed by atoms with E-state index in [0.717, 1.165) is 22.2 Å². The van der Waals surface area contributed by atoms with Crippen molar-refractivity contribution in [2.45, 2.75) is 26.2 Å². The molecule has 0 aliphatic heterocycles. The van der Waals surface area contributed by atoms with Crippen LogP contribution in [-0.4, -0.2) is 17.3 Å². The Bertz CT molecular complexity index is 515. The maximum atomic E-state index is 5.24. The molecule has 0 bridgehead atoms. The van der Waals surface area contributed by atoms with Gasteiger partial charge in [-0.05, 0) is 18.2 Å². The third-order valence-electron chi connectivity index (χ3n) is 2.58. The van der Waals surface area contributed by atoms with E-state index in [0.29, 0.717) is 0 Å². The second-order valence-electron chi connectivity index (χ2n) is 4.90. The summed E-state index contributed by atoms with van der Waals surface area (Å²) >= 11 is 0. The van der Waals surface area contributed by atoms with Gasteiger partial charge in [-0.3, -0.25) is 0 Å². The summed E-state index contributed by atoms with van der Waals surface area (Å²) in [5, 5.41) is 10.5. The van der Waals surface area contributed by atoms with Crippen molar-refractivity contribution in [1.82, 2.24) is 10.2 Å². The molecule has 2 aromatic rings. The second-order valence-corrected chi connectivity index (χ2v) is 4.90. The Hall–Kier alpha value is -1.64. The number of methoxy groups -OCH3 is 1. The van der Waals surface area contributed by atoms with Crippen LogP contribution in [0.4, 0.5) is 0 Å². The lowest BCUT2D eigenvalue weighted by Gasteiger charge is -2.19. The summed E-state index contributed by atoms with van der Waals surface area (Å²) in [6.07, 6.45) is 1.78. The van der Waals surface area contributed by atoms with Gasteiger partial charge in [0.05, 0.1) is 19.0 Å². The van der Waals surface area contributed by atoms with Crippen molar-refractivity contribution in [2.75, 3.05) is 7.11 Å². The molecule has 16 heavy (non-hydrogen) atoms. The maximum Gasteiger partial charge on any atom is 0.119 e. The van der Waals surface area contributed by atoms with Crippen molar-refractivity contribution in [3.8, 4) is 5.75 Å². The van der Waals surface area contributed by atoms with Crippen LogP contribution in [0.2, 0.25) is 0 Å². The Balaban J connectivity index is 2.74. The van der Waals surface area contributed by atoms with E-state index in [2.05, 4.69) is 31.0 Å². The SMILES string of the molecule is COc1ccc2cnnc(C(C)(C)C)c2c1. The standard InChI is InChI=1S/C13H16N2O/c1-13(2,3)12-11-7-10(16-4)6-5-9(11)8-14-15-12/h5-8H,1-4H3. The number of ether oxygens (including phenoxy) is 1. The van der Waals surface area contributed by atoms with Gasteiger partial charge in [-0.15, -0.1) is 0 Å². The van der Waals surface area contributed by atoms with Gasteiger partial charge in [0.2, 0.25) is 0 Å². The van der Waals surface area contributed by atoms with E-state index in [9.17, 15) is 0 Å². The minimum atomic E-state index is -0.0150. The number of hydrogen-bond acceptors (Lipinski definition) is 3. The van der Waals surface area contributed by atoms with E-state index in [4.69, 9.17) is 4.74 Å². The second kappa shape index (κ2) is 3.74. The van der Waals surface area contributed by atoms with E-state index < -0.39 is 0 Å². The van der Waals surface area contributed by atoms with Crippen LogP contribution < -0.4 is 4.74 Å². The number of nitrogens with zero attached hydrogens (tertiary/aromatic N) is 2. The number of fused-ring (bicyclic) bond motifs is 1. The summed E-state index contributed by atoms with van der Waals surface area (Å²) in [4.78, 5) is 0. The average molecular weight is 216 g/mol. The molecule has 3 heteroatoms. The van der Waals surface area contributed by atoms with E-state index >= 15 is 0 Å². The van der Waals surface area contributed by atoms with Gasteiger partial charge in [0, 0.05) is 16.2 Å². The molecule has 0 fully saturated rings. The van der Waals surface area contributed by atoms with E-state index in [1.54, 1.807) is 13.3 Å². The predicted octanol–water partition coefficient (Wildman–Crippen LogP) is 2.94. The molecule has 0 saturated carbocycles. The first-order chi connectivity index (χ1) is 7.52. The molecule has 0 N–H and O–H groups in total. The molecular formula is C13H16N2O. The van der Waals surface area contributed by atoms with Crippen LogP contribution in [0.25, 0.3) is 10.8 Å². The van der Waals surface area contributed by atoms with Crippen LogP contribution in [-0.2, 0) is 5.41 Å². The summed E-state index contributed by atoms with van der Waals surface area (Å²) in [7, 11) is 1.67. The Morgan fingerprint density at radius 2 is 1.94 bits per heavy atom. The number of aromatic nitrogens is 2. The molecule has 0 spiro atoms. The van der Waals surface area contributed by atoms with Gasteiger partial charge in [-0.1, -0.05) is 20.8 Å². The van der Waals surface area contributed by atoms with Crippen molar-refractivity contribution in [2.24, 2.45) is 0 Å². The lowest BCUT2D eigenvalue weighted by Crippen LogP contribution is -2.14. The van der Waals surface area contributed by atoms with Crippen LogP contribution in [0.1, 0.15) is 26.5 Å². The van der Waals surface area contributed by atoms with Crippen LogP contribution in [0, 0.1) is 0 Å². The highest BCUT2D eigenvalue weighted by molar-refractivity contribution is 5.85. The molecule has 0 saturated heterocycles. The van der Waals surface area contributed by atoms with Gasteiger partial charge in [0.15, 0.2) is 0 Å².